The summed E-state index contributed by atoms with van der Waals surface area (Å²) in [5.74, 6) is 0. The van der Waals surface area contributed by atoms with Gasteiger partial charge in [-0.05, 0) is 42.5 Å². The SMILES string of the molecule is CSc1cc2sc(/C=N/c3ccc(CCO)cc3)cc2s1. The fourth-order valence-electron chi connectivity index (χ4n) is 2.01. The van der Waals surface area contributed by atoms with Crippen molar-refractivity contribution in [2.75, 3.05) is 12.9 Å². The van der Waals surface area contributed by atoms with E-state index in [0.29, 0.717) is 6.42 Å². The summed E-state index contributed by atoms with van der Waals surface area (Å²) in [6, 6.07) is 12.5. The molecule has 5 heteroatoms. The number of aliphatic hydroxyl groups excluding tert-OH is 1. The zero-order valence-corrected chi connectivity index (χ0v) is 14.0. The highest BCUT2D eigenvalue weighted by Gasteiger charge is 2.05. The van der Waals surface area contributed by atoms with E-state index in [1.165, 1.54) is 18.5 Å². The van der Waals surface area contributed by atoms with Crippen molar-refractivity contribution in [3.05, 3.63) is 46.8 Å². The maximum absolute atomic E-state index is 8.90. The number of rotatable bonds is 5. The molecule has 0 unspecified atom stereocenters. The van der Waals surface area contributed by atoms with Crippen LogP contribution in [0.2, 0.25) is 0 Å². The molecule has 0 bridgehead atoms. The molecule has 0 aliphatic carbocycles. The summed E-state index contributed by atoms with van der Waals surface area (Å²) in [5, 5.41) is 8.90. The van der Waals surface area contributed by atoms with Crippen molar-refractivity contribution in [2.45, 2.75) is 10.6 Å². The summed E-state index contributed by atoms with van der Waals surface area (Å²) in [7, 11) is 0. The smallest absolute Gasteiger partial charge is 0.0630 e. The Kier molecular flexibility index (Phi) is 4.75. The third kappa shape index (κ3) is 3.55. The molecule has 21 heavy (non-hydrogen) atoms. The molecule has 0 aliphatic heterocycles. The summed E-state index contributed by atoms with van der Waals surface area (Å²) >= 11 is 5.41. The van der Waals surface area contributed by atoms with Crippen LogP contribution in [0.5, 0.6) is 0 Å². The quantitative estimate of drug-likeness (QED) is 0.528. The lowest BCUT2D eigenvalue weighted by Gasteiger charge is -1.98. The molecule has 3 aromatic rings. The second kappa shape index (κ2) is 6.75. The van der Waals surface area contributed by atoms with Gasteiger partial charge in [0.1, 0.15) is 0 Å². The van der Waals surface area contributed by atoms with Crippen LogP contribution >= 0.6 is 34.4 Å². The number of aliphatic hydroxyl groups is 1. The van der Waals surface area contributed by atoms with Crippen LogP contribution < -0.4 is 0 Å². The summed E-state index contributed by atoms with van der Waals surface area (Å²) in [6.07, 6.45) is 4.73. The van der Waals surface area contributed by atoms with Crippen LogP contribution in [-0.4, -0.2) is 24.2 Å². The minimum absolute atomic E-state index is 0.187. The van der Waals surface area contributed by atoms with Crippen molar-refractivity contribution < 1.29 is 5.11 Å². The van der Waals surface area contributed by atoms with Gasteiger partial charge in [0.2, 0.25) is 0 Å². The van der Waals surface area contributed by atoms with Gasteiger partial charge < -0.3 is 5.11 Å². The van der Waals surface area contributed by atoms with Crippen molar-refractivity contribution in [1.29, 1.82) is 0 Å². The molecule has 3 rings (SSSR count). The maximum atomic E-state index is 8.90. The number of hydrogen-bond donors (Lipinski definition) is 1. The number of thiophene rings is 2. The fourth-order valence-corrected chi connectivity index (χ4v) is 4.94. The van der Waals surface area contributed by atoms with Gasteiger partial charge in [-0.3, -0.25) is 4.99 Å². The van der Waals surface area contributed by atoms with Gasteiger partial charge in [-0.15, -0.1) is 34.4 Å². The largest absolute Gasteiger partial charge is 0.396 e. The molecule has 0 radical (unpaired) electrons. The van der Waals surface area contributed by atoms with E-state index >= 15 is 0 Å². The second-order valence-electron chi connectivity index (χ2n) is 4.55. The fraction of sp³-hybridized carbons (Fsp3) is 0.188. The van der Waals surface area contributed by atoms with Gasteiger partial charge in [0.05, 0.1) is 9.90 Å². The molecule has 0 spiro atoms. The Bertz CT molecular complexity index is 724. The first-order valence-corrected chi connectivity index (χ1v) is 9.45. The van der Waals surface area contributed by atoms with Gasteiger partial charge >= 0.3 is 0 Å². The number of hydrogen-bond acceptors (Lipinski definition) is 5. The van der Waals surface area contributed by atoms with E-state index in [-0.39, 0.29) is 6.61 Å². The minimum Gasteiger partial charge on any atom is -0.396 e. The molecule has 0 aliphatic rings. The Hall–Kier alpha value is -1.14. The van der Waals surface area contributed by atoms with E-state index in [9.17, 15) is 0 Å². The molecule has 0 saturated carbocycles. The van der Waals surface area contributed by atoms with Crippen LogP contribution in [-0.2, 0) is 6.42 Å². The number of fused-ring (bicyclic) bond motifs is 1. The molecular weight excluding hydrogens is 318 g/mol. The molecule has 0 atom stereocenters. The first-order chi connectivity index (χ1) is 10.3. The van der Waals surface area contributed by atoms with E-state index in [1.807, 2.05) is 41.8 Å². The molecule has 108 valence electrons. The molecule has 1 aromatic carbocycles. The van der Waals surface area contributed by atoms with E-state index in [4.69, 9.17) is 5.11 Å². The average Bonchev–Trinajstić information content (AvgIpc) is 3.04. The summed E-state index contributed by atoms with van der Waals surface area (Å²) in [4.78, 5) is 5.70. The van der Waals surface area contributed by atoms with Crippen LogP contribution in [0.25, 0.3) is 9.40 Å². The van der Waals surface area contributed by atoms with E-state index in [1.54, 1.807) is 23.1 Å². The lowest BCUT2D eigenvalue weighted by Crippen LogP contribution is -1.88. The summed E-state index contributed by atoms with van der Waals surface area (Å²) < 4.78 is 4.03. The van der Waals surface area contributed by atoms with Crippen LogP contribution in [0.3, 0.4) is 0 Å². The van der Waals surface area contributed by atoms with Crippen molar-refractivity contribution in [3.63, 3.8) is 0 Å². The normalized spacial score (nSPS) is 11.7. The first-order valence-electron chi connectivity index (χ1n) is 6.60. The Labute approximate surface area is 136 Å². The number of benzene rings is 1. The van der Waals surface area contributed by atoms with Crippen molar-refractivity contribution >= 4 is 55.7 Å². The lowest BCUT2D eigenvalue weighted by molar-refractivity contribution is 0.299. The third-order valence-electron chi connectivity index (χ3n) is 3.08. The zero-order valence-electron chi connectivity index (χ0n) is 11.6. The second-order valence-corrected chi connectivity index (χ2v) is 7.85. The molecule has 2 nitrogen and oxygen atoms in total. The predicted molar refractivity (Wildman–Crippen MR) is 96.0 cm³/mol. The van der Waals surface area contributed by atoms with E-state index in [0.717, 1.165) is 11.3 Å². The minimum atomic E-state index is 0.187. The molecule has 2 aromatic heterocycles. The highest BCUT2D eigenvalue weighted by Crippen LogP contribution is 2.36. The summed E-state index contributed by atoms with van der Waals surface area (Å²) in [6.45, 7) is 0.187. The van der Waals surface area contributed by atoms with Gasteiger partial charge in [0.15, 0.2) is 0 Å². The molecule has 0 fully saturated rings. The Morgan fingerprint density at radius 2 is 1.90 bits per heavy atom. The van der Waals surface area contributed by atoms with Gasteiger partial charge in [-0.2, -0.15) is 0 Å². The topological polar surface area (TPSA) is 32.6 Å². The predicted octanol–water partition coefficient (Wildman–Crippen LogP) is 4.97. The number of thioether (sulfide) groups is 1. The van der Waals surface area contributed by atoms with E-state index < -0.39 is 0 Å². The number of nitrogens with zero attached hydrogens (tertiary/aromatic N) is 1. The van der Waals surface area contributed by atoms with Crippen molar-refractivity contribution in [2.24, 2.45) is 4.99 Å². The Morgan fingerprint density at radius 1 is 1.14 bits per heavy atom. The van der Waals surface area contributed by atoms with Crippen LogP contribution in [0, 0.1) is 0 Å². The van der Waals surface area contributed by atoms with Crippen molar-refractivity contribution in [3.8, 4) is 0 Å². The molecule has 0 saturated heterocycles. The number of aliphatic imine (C=N–C) groups is 1. The van der Waals surface area contributed by atoms with Gasteiger partial charge in [-0.1, -0.05) is 12.1 Å². The monoisotopic (exact) mass is 333 g/mol. The Balaban J connectivity index is 1.75. The van der Waals surface area contributed by atoms with Gasteiger partial charge in [0.25, 0.3) is 0 Å². The summed E-state index contributed by atoms with van der Waals surface area (Å²) in [5.41, 5.74) is 2.08. The molecule has 0 amide bonds. The standard InChI is InChI=1S/C16H15NOS3/c1-19-16-9-15-14(21-16)8-13(20-15)10-17-12-4-2-11(3-5-12)6-7-18/h2-5,8-10,18H,6-7H2,1H3/b17-10+. The Morgan fingerprint density at radius 3 is 2.57 bits per heavy atom. The van der Waals surface area contributed by atoms with Crippen LogP contribution in [0.15, 0.2) is 45.6 Å². The van der Waals surface area contributed by atoms with Gasteiger partial charge in [-0.25, -0.2) is 0 Å². The van der Waals surface area contributed by atoms with Crippen LogP contribution in [0.4, 0.5) is 5.69 Å². The molecular formula is C16H15NOS3. The lowest BCUT2D eigenvalue weighted by atomic mass is 10.1. The van der Waals surface area contributed by atoms with Gasteiger partial charge in [0, 0.05) is 27.1 Å². The zero-order chi connectivity index (χ0) is 14.7. The maximum Gasteiger partial charge on any atom is 0.0630 e. The molecule has 1 N–H and O–H groups in total. The third-order valence-corrected chi connectivity index (χ3v) is 6.38. The highest BCUT2D eigenvalue weighted by molar-refractivity contribution is 8.00. The first kappa shape index (κ1) is 14.8. The van der Waals surface area contributed by atoms with E-state index in [2.05, 4.69) is 23.4 Å². The van der Waals surface area contributed by atoms with Crippen LogP contribution in [0.1, 0.15) is 10.4 Å². The average molecular weight is 334 g/mol. The highest BCUT2D eigenvalue weighted by atomic mass is 32.2. The van der Waals surface area contributed by atoms with Crippen molar-refractivity contribution in [1.82, 2.24) is 0 Å². The molecule has 2 heterocycles.